The van der Waals surface area contributed by atoms with Crippen LogP contribution in [0.2, 0.25) is 0 Å². The van der Waals surface area contributed by atoms with Crippen molar-refractivity contribution in [2.24, 2.45) is 10.5 Å². The maximum absolute atomic E-state index is 13.4. The van der Waals surface area contributed by atoms with Gasteiger partial charge < -0.3 is 34.3 Å². The zero-order valence-corrected chi connectivity index (χ0v) is 25.2. The molecule has 1 unspecified atom stereocenters. The zero-order chi connectivity index (χ0) is 29.9. The highest BCUT2D eigenvalue weighted by Gasteiger charge is 2.48. The third-order valence-electron chi connectivity index (χ3n) is 6.92. The largest absolute Gasteiger partial charge is 0.387 e. The molecule has 0 saturated carbocycles. The van der Waals surface area contributed by atoms with Crippen LogP contribution in [-0.2, 0) is 28.5 Å². The number of methoxy groups -OCH3 is 1. The number of unbranched alkanes of at least 4 members (excludes halogenated alkanes) is 3. The molecule has 2 fully saturated rings. The van der Waals surface area contributed by atoms with E-state index in [9.17, 15) is 14.7 Å². The molecule has 2 rings (SSSR count). The van der Waals surface area contributed by atoms with Gasteiger partial charge in [-0.25, -0.2) is 0 Å². The van der Waals surface area contributed by atoms with Crippen molar-refractivity contribution in [3.63, 3.8) is 0 Å². The quantitative estimate of drug-likeness (QED) is 0.113. The van der Waals surface area contributed by atoms with E-state index >= 15 is 0 Å². The molecule has 2 amide bonds. The second-order valence-corrected chi connectivity index (χ2v) is 12.2. The highest BCUT2D eigenvalue weighted by molar-refractivity contribution is 5.89. The Hall–Kier alpha value is -2.21. The highest BCUT2D eigenvalue weighted by Crippen LogP contribution is 2.31. The molecule has 0 aliphatic carbocycles. The Morgan fingerprint density at radius 1 is 1.27 bits per heavy atom. The number of likely N-dealkylation sites (tertiary alicyclic amines) is 1. The van der Waals surface area contributed by atoms with E-state index < -0.39 is 42.2 Å². The first-order valence-corrected chi connectivity index (χ1v) is 14.2. The van der Waals surface area contributed by atoms with Crippen molar-refractivity contribution < 1.29 is 33.6 Å². The topological polar surface area (TPSA) is 155 Å². The first-order valence-electron chi connectivity index (χ1n) is 14.2. The highest BCUT2D eigenvalue weighted by atomic mass is 16.7. The number of carbonyl (C=O) groups excluding carboxylic acids is 2. The Labute approximate surface area is 238 Å². The van der Waals surface area contributed by atoms with E-state index in [1.165, 1.54) is 7.11 Å². The van der Waals surface area contributed by atoms with Gasteiger partial charge in [0.2, 0.25) is 5.91 Å². The lowest BCUT2D eigenvalue weighted by molar-refractivity contribution is -0.334. The number of ether oxygens (including phenoxy) is 4. The Kier molecular flexibility index (Phi) is 13.3. The summed E-state index contributed by atoms with van der Waals surface area (Å²) in [6, 6.07) is -0.744. The molecule has 0 radical (unpaired) electrons. The Morgan fingerprint density at radius 2 is 1.98 bits per heavy atom. The van der Waals surface area contributed by atoms with Gasteiger partial charge in [0, 0.05) is 38.8 Å². The summed E-state index contributed by atoms with van der Waals surface area (Å²) in [5.74, 6) is -1.80. The fourth-order valence-electron chi connectivity index (χ4n) is 4.86. The molecular formula is C28H49N5O7. The molecule has 0 aromatic rings. The fraction of sp³-hybridized carbons (Fsp3) is 0.857. The summed E-state index contributed by atoms with van der Waals surface area (Å²) < 4.78 is 23.4. The normalized spacial score (nSPS) is 28.1. The van der Waals surface area contributed by atoms with Crippen LogP contribution in [0.25, 0.3) is 10.4 Å². The minimum Gasteiger partial charge on any atom is -0.387 e. The SMILES string of the molecule is COC(C(=O)N[C@H]1CC[C@@H](OCCCCCCN=[N+]=[N-])CN(C)C1=O)[C@@H]1OC(C)(C)O[C@H](/C=C/C(C)(C)C)[C@H]1O. The van der Waals surface area contributed by atoms with Gasteiger partial charge in [-0.1, -0.05) is 50.9 Å². The molecule has 0 aromatic heterocycles. The van der Waals surface area contributed by atoms with Gasteiger partial charge in [-0.3, -0.25) is 9.59 Å². The number of rotatable bonds is 13. The second-order valence-electron chi connectivity index (χ2n) is 12.2. The summed E-state index contributed by atoms with van der Waals surface area (Å²) in [5, 5.41) is 17.5. The number of carbonyl (C=O) groups is 2. The molecule has 0 spiro atoms. The molecule has 2 aliphatic rings. The number of aliphatic hydroxyl groups is 1. The van der Waals surface area contributed by atoms with Gasteiger partial charge in [-0.15, -0.1) is 0 Å². The number of hydrogen-bond donors (Lipinski definition) is 2. The van der Waals surface area contributed by atoms with Crippen molar-refractivity contribution >= 4 is 11.8 Å². The third-order valence-corrected chi connectivity index (χ3v) is 6.92. The summed E-state index contributed by atoms with van der Waals surface area (Å²) >= 11 is 0. The molecule has 12 heteroatoms. The van der Waals surface area contributed by atoms with Crippen LogP contribution in [0.4, 0.5) is 0 Å². The first kappa shape index (κ1) is 34.0. The van der Waals surface area contributed by atoms with Gasteiger partial charge >= 0.3 is 0 Å². The summed E-state index contributed by atoms with van der Waals surface area (Å²) in [4.78, 5) is 30.8. The van der Waals surface area contributed by atoms with E-state index in [1.54, 1.807) is 31.9 Å². The van der Waals surface area contributed by atoms with E-state index in [2.05, 4.69) is 15.3 Å². The van der Waals surface area contributed by atoms with Crippen LogP contribution in [0.1, 0.15) is 73.1 Å². The molecule has 0 aromatic carbocycles. The summed E-state index contributed by atoms with van der Waals surface area (Å²) in [6.07, 6.45) is 4.30. The molecule has 2 N–H and O–H groups in total. The molecule has 228 valence electrons. The summed E-state index contributed by atoms with van der Waals surface area (Å²) in [5.41, 5.74) is 8.19. The maximum Gasteiger partial charge on any atom is 0.252 e. The van der Waals surface area contributed by atoms with Crippen molar-refractivity contribution in [2.75, 3.05) is 33.9 Å². The van der Waals surface area contributed by atoms with Crippen molar-refractivity contribution in [3.8, 4) is 0 Å². The average Bonchev–Trinajstić information content (AvgIpc) is 3.00. The number of aliphatic hydroxyl groups excluding tert-OH is 1. The van der Waals surface area contributed by atoms with Crippen molar-refractivity contribution in [1.29, 1.82) is 0 Å². The molecule has 2 heterocycles. The number of likely N-dealkylation sites (N-methyl/N-ethyl adjacent to an activating group) is 1. The molecule has 0 bridgehead atoms. The summed E-state index contributed by atoms with van der Waals surface area (Å²) in [7, 11) is 3.08. The van der Waals surface area contributed by atoms with Crippen LogP contribution in [0.5, 0.6) is 0 Å². The second kappa shape index (κ2) is 15.7. The van der Waals surface area contributed by atoms with E-state index in [4.69, 9.17) is 24.5 Å². The van der Waals surface area contributed by atoms with Crippen LogP contribution in [0.3, 0.4) is 0 Å². The van der Waals surface area contributed by atoms with Gasteiger partial charge in [0.15, 0.2) is 11.9 Å². The summed E-state index contributed by atoms with van der Waals surface area (Å²) in [6.45, 7) is 11.1. The number of allylic oxidation sites excluding steroid dienone is 1. The Bertz CT molecular complexity index is 900. The lowest BCUT2D eigenvalue weighted by atomic mass is 9.93. The molecule has 6 atom stereocenters. The monoisotopic (exact) mass is 567 g/mol. The number of nitrogens with one attached hydrogen (secondary N) is 1. The third kappa shape index (κ3) is 11.0. The number of hydrogen-bond acceptors (Lipinski definition) is 8. The van der Waals surface area contributed by atoms with E-state index in [0.717, 1.165) is 25.7 Å². The van der Waals surface area contributed by atoms with Gasteiger partial charge in [0.05, 0.1) is 6.10 Å². The fourth-order valence-corrected chi connectivity index (χ4v) is 4.86. The lowest BCUT2D eigenvalue weighted by Crippen LogP contribution is -2.62. The smallest absolute Gasteiger partial charge is 0.252 e. The maximum atomic E-state index is 13.4. The van der Waals surface area contributed by atoms with Crippen LogP contribution in [0.15, 0.2) is 17.3 Å². The first-order chi connectivity index (χ1) is 18.8. The Morgan fingerprint density at radius 3 is 2.62 bits per heavy atom. The van der Waals surface area contributed by atoms with Gasteiger partial charge in [-0.2, -0.15) is 0 Å². The number of nitrogens with zero attached hydrogens (tertiary/aromatic N) is 4. The molecule has 2 saturated heterocycles. The minimum atomic E-state index is -1.16. The molecule has 2 aliphatic heterocycles. The van der Waals surface area contributed by atoms with Crippen molar-refractivity contribution in [3.05, 3.63) is 22.6 Å². The number of amides is 2. The van der Waals surface area contributed by atoms with Crippen LogP contribution in [0, 0.1) is 5.41 Å². The molecule has 12 nitrogen and oxygen atoms in total. The van der Waals surface area contributed by atoms with Crippen molar-refractivity contribution in [1.82, 2.24) is 10.2 Å². The average molecular weight is 568 g/mol. The van der Waals surface area contributed by atoms with Gasteiger partial charge in [0.25, 0.3) is 5.91 Å². The van der Waals surface area contributed by atoms with Gasteiger partial charge in [-0.05, 0) is 50.5 Å². The van der Waals surface area contributed by atoms with Crippen LogP contribution in [-0.4, -0.2) is 98.0 Å². The minimum absolute atomic E-state index is 0.124. The van der Waals surface area contributed by atoms with Crippen molar-refractivity contribution in [2.45, 2.75) is 115 Å². The van der Waals surface area contributed by atoms with Gasteiger partial charge in [0.1, 0.15) is 24.4 Å². The van der Waals surface area contributed by atoms with E-state index in [-0.39, 0.29) is 17.4 Å². The predicted molar refractivity (Wildman–Crippen MR) is 150 cm³/mol. The predicted octanol–water partition coefficient (Wildman–Crippen LogP) is 3.48. The zero-order valence-electron chi connectivity index (χ0n) is 25.2. The molecule has 40 heavy (non-hydrogen) atoms. The van der Waals surface area contributed by atoms with Crippen LogP contribution >= 0.6 is 0 Å². The lowest BCUT2D eigenvalue weighted by Gasteiger charge is -2.45. The molecular weight excluding hydrogens is 518 g/mol. The van der Waals surface area contributed by atoms with E-state index in [0.29, 0.717) is 32.5 Å². The van der Waals surface area contributed by atoms with Crippen LogP contribution < -0.4 is 5.32 Å². The Balaban J connectivity index is 1.97. The standard InChI is InChI=1S/C28H49N5O7/c1-27(2,3)15-14-21-22(34)23(40-28(4,5)39-21)24(37-7)25(35)31-20-13-12-19(18-33(6)26(20)36)38-17-11-9-8-10-16-30-32-29/h14-15,19-24,34H,8-13,16-18H2,1-7H3,(H,31,35)/b15-14+/t19-,20+,21-,22-,23-,24?/m1/s1. The van der Waals surface area contributed by atoms with E-state index in [1.807, 2.05) is 26.8 Å². The number of azide groups is 1.